The average molecular weight is 353 g/mol. The van der Waals surface area contributed by atoms with Crippen molar-refractivity contribution in [1.82, 2.24) is 5.43 Å². The molecule has 1 unspecified atom stereocenters. The van der Waals surface area contributed by atoms with E-state index in [0.717, 1.165) is 21.3 Å². The molecule has 2 aromatic rings. The Balaban J connectivity index is 2.33. The van der Waals surface area contributed by atoms with Crippen molar-refractivity contribution in [2.24, 2.45) is 5.84 Å². The van der Waals surface area contributed by atoms with Crippen LogP contribution in [0.4, 0.5) is 4.39 Å². The smallest absolute Gasteiger partial charge is 0.128 e. The summed E-state index contributed by atoms with van der Waals surface area (Å²) >= 11 is 3.44. The average Bonchev–Trinajstić information content (AvgIpc) is 2.45. The van der Waals surface area contributed by atoms with Gasteiger partial charge < -0.3 is 4.74 Å². The summed E-state index contributed by atoms with van der Waals surface area (Å²) in [4.78, 5) is 0. The van der Waals surface area contributed by atoms with Crippen LogP contribution in [0.15, 0.2) is 40.9 Å². The van der Waals surface area contributed by atoms with Crippen molar-refractivity contribution in [1.29, 1.82) is 0 Å². The van der Waals surface area contributed by atoms with Gasteiger partial charge in [0.1, 0.15) is 11.6 Å². The number of ether oxygens (including phenoxy) is 1. The molecule has 0 saturated heterocycles. The van der Waals surface area contributed by atoms with Gasteiger partial charge in [-0.15, -0.1) is 0 Å². The van der Waals surface area contributed by atoms with E-state index in [1.165, 1.54) is 6.07 Å². The molecule has 112 valence electrons. The third kappa shape index (κ3) is 3.81. The molecule has 0 spiro atoms. The number of halogens is 2. The number of hydrazine groups is 1. The number of methoxy groups -OCH3 is 1. The Bertz CT molecular complexity index is 634. The molecule has 0 aliphatic rings. The van der Waals surface area contributed by atoms with E-state index < -0.39 is 0 Å². The minimum Gasteiger partial charge on any atom is -0.496 e. The lowest BCUT2D eigenvalue weighted by Crippen LogP contribution is -2.30. The molecule has 0 saturated carbocycles. The third-order valence-corrected chi connectivity index (χ3v) is 3.89. The molecule has 2 rings (SSSR count). The van der Waals surface area contributed by atoms with Crippen LogP contribution in [0.1, 0.15) is 22.7 Å². The molecule has 21 heavy (non-hydrogen) atoms. The molecular weight excluding hydrogens is 335 g/mol. The third-order valence-electron chi connectivity index (χ3n) is 3.40. The van der Waals surface area contributed by atoms with Crippen molar-refractivity contribution < 1.29 is 9.13 Å². The van der Waals surface area contributed by atoms with Crippen molar-refractivity contribution in [3.05, 3.63) is 63.4 Å². The summed E-state index contributed by atoms with van der Waals surface area (Å²) < 4.78 is 20.4. The summed E-state index contributed by atoms with van der Waals surface area (Å²) in [6.07, 6.45) is 0.527. The van der Waals surface area contributed by atoms with Crippen LogP contribution in [0, 0.1) is 12.7 Å². The molecule has 3 nitrogen and oxygen atoms in total. The molecule has 0 heterocycles. The van der Waals surface area contributed by atoms with Crippen LogP contribution in [-0.4, -0.2) is 7.11 Å². The quantitative estimate of drug-likeness (QED) is 0.637. The molecular formula is C16H18BrFN2O. The molecule has 1 atom stereocenters. The first-order valence-electron chi connectivity index (χ1n) is 6.59. The summed E-state index contributed by atoms with van der Waals surface area (Å²) in [5.41, 5.74) is 5.07. The van der Waals surface area contributed by atoms with Crippen LogP contribution < -0.4 is 16.0 Å². The fraction of sp³-hybridized carbons (Fsp3) is 0.250. The summed E-state index contributed by atoms with van der Waals surface area (Å²) in [5, 5.41) is 0. The van der Waals surface area contributed by atoms with Crippen LogP contribution in [-0.2, 0) is 6.42 Å². The highest BCUT2D eigenvalue weighted by Crippen LogP contribution is 2.28. The van der Waals surface area contributed by atoms with Gasteiger partial charge in [-0.3, -0.25) is 11.3 Å². The first kappa shape index (κ1) is 15.9. The Hall–Kier alpha value is -1.43. The maximum atomic E-state index is 14.1. The van der Waals surface area contributed by atoms with E-state index in [1.807, 2.05) is 31.2 Å². The second-order valence-corrected chi connectivity index (χ2v) is 5.82. The SMILES string of the molecule is COc1ccc(Br)cc1CC(NN)c1ccc(C)cc1F. The largest absolute Gasteiger partial charge is 0.496 e. The minimum absolute atomic E-state index is 0.257. The normalized spacial score (nSPS) is 12.2. The molecule has 0 radical (unpaired) electrons. The van der Waals surface area contributed by atoms with Crippen LogP contribution in [0.3, 0.4) is 0 Å². The monoisotopic (exact) mass is 352 g/mol. The van der Waals surface area contributed by atoms with Gasteiger partial charge in [0.25, 0.3) is 0 Å². The lowest BCUT2D eigenvalue weighted by molar-refractivity contribution is 0.404. The van der Waals surface area contributed by atoms with Crippen LogP contribution in [0.5, 0.6) is 5.75 Å². The van der Waals surface area contributed by atoms with Gasteiger partial charge in [0.15, 0.2) is 0 Å². The lowest BCUT2D eigenvalue weighted by Gasteiger charge is -2.19. The van der Waals surface area contributed by atoms with Gasteiger partial charge in [0, 0.05) is 10.0 Å². The van der Waals surface area contributed by atoms with Crippen molar-refractivity contribution in [3.63, 3.8) is 0 Å². The van der Waals surface area contributed by atoms with Crippen molar-refractivity contribution in [3.8, 4) is 5.75 Å². The first-order valence-corrected chi connectivity index (χ1v) is 7.39. The summed E-state index contributed by atoms with van der Waals surface area (Å²) in [7, 11) is 1.62. The van der Waals surface area contributed by atoms with Gasteiger partial charge in [0.05, 0.1) is 13.2 Å². The summed E-state index contributed by atoms with van der Waals surface area (Å²) in [6.45, 7) is 1.86. The van der Waals surface area contributed by atoms with E-state index >= 15 is 0 Å². The zero-order valence-corrected chi connectivity index (χ0v) is 13.6. The molecule has 0 bridgehead atoms. The van der Waals surface area contributed by atoms with E-state index in [0.29, 0.717) is 12.0 Å². The molecule has 2 aromatic carbocycles. The highest BCUT2D eigenvalue weighted by Gasteiger charge is 2.17. The number of nitrogens with one attached hydrogen (secondary N) is 1. The Morgan fingerprint density at radius 1 is 1.29 bits per heavy atom. The minimum atomic E-state index is -0.325. The van der Waals surface area contributed by atoms with Gasteiger partial charge in [-0.25, -0.2) is 4.39 Å². The lowest BCUT2D eigenvalue weighted by atomic mass is 9.97. The van der Waals surface area contributed by atoms with Crippen LogP contribution >= 0.6 is 15.9 Å². The maximum absolute atomic E-state index is 14.1. The number of nitrogens with two attached hydrogens (primary N) is 1. The van der Waals surface area contributed by atoms with Crippen LogP contribution in [0.2, 0.25) is 0 Å². The zero-order chi connectivity index (χ0) is 15.4. The summed E-state index contributed by atoms with van der Waals surface area (Å²) in [5.74, 6) is 6.12. The predicted molar refractivity (Wildman–Crippen MR) is 85.6 cm³/mol. The molecule has 0 aromatic heterocycles. The number of hydrogen-bond donors (Lipinski definition) is 2. The standard InChI is InChI=1S/C16H18BrFN2O/c1-10-3-5-13(14(18)7-10)15(20-19)9-11-8-12(17)4-6-16(11)21-2/h3-8,15,20H,9,19H2,1-2H3. The fourth-order valence-electron chi connectivity index (χ4n) is 2.30. The van der Waals surface area contributed by atoms with Crippen molar-refractivity contribution >= 4 is 15.9 Å². The Morgan fingerprint density at radius 3 is 2.67 bits per heavy atom. The maximum Gasteiger partial charge on any atom is 0.128 e. The molecule has 0 aliphatic heterocycles. The van der Waals surface area contributed by atoms with E-state index in [2.05, 4.69) is 21.4 Å². The zero-order valence-electron chi connectivity index (χ0n) is 12.0. The predicted octanol–water partition coefficient (Wildman–Crippen LogP) is 3.65. The first-order chi connectivity index (χ1) is 10.0. The van der Waals surface area contributed by atoms with E-state index in [1.54, 1.807) is 13.2 Å². The van der Waals surface area contributed by atoms with Gasteiger partial charge in [-0.2, -0.15) is 0 Å². The summed E-state index contributed by atoms with van der Waals surface area (Å²) in [6, 6.07) is 10.6. The molecule has 0 fully saturated rings. The second-order valence-electron chi connectivity index (χ2n) is 4.90. The number of aryl methyl sites for hydroxylation is 1. The molecule has 3 N–H and O–H groups in total. The number of rotatable bonds is 5. The van der Waals surface area contributed by atoms with Gasteiger partial charge in [-0.1, -0.05) is 28.1 Å². The highest BCUT2D eigenvalue weighted by atomic mass is 79.9. The van der Waals surface area contributed by atoms with Crippen molar-refractivity contribution in [2.75, 3.05) is 7.11 Å². The van der Waals surface area contributed by atoms with E-state index in [4.69, 9.17) is 10.6 Å². The Kier molecular flexibility index (Phi) is 5.33. The Morgan fingerprint density at radius 2 is 2.05 bits per heavy atom. The molecule has 5 heteroatoms. The molecule has 0 aliphatic carbocycles. The van der Waals surface area contributed by atoms with Gasteiger partial charge in [-0.05, 0) is 48.7 Å². The van der Waals surface area contributed by atoms with E-state index in [-0.39, 0.29) is 11.9 Å². The van der Waals surface area contributed by atoms with Gasteiger partial charge >= 0.3 is 0 Å². The fourth-order valence-corrected chi connectivity index (χ4v) is 2.71. The number of hydrogen-bond acceptors (Lipinski definition) is 3. The highest BCUT2D eigenvalue weighted by molar-refractivity contribution is 9.10. The van der Waals surface area contributed by atoms with E-state index in [9.17, 15) is 4.39 Å². The van der Waals surface area contributed by atoms with Gasteiger partial charge in [0.2, 0.25) is 0 Å². The van der Waals surface area contributed by atoms with Crippen molar-refractivity contribution in [2.45, 2.75) is 19.4 Å². The Labute approximate surface area is 132 Å². The van der Waals surface area contributed by atoms with Crippen LogP contribution in [0.25, 0.3) is 0 Å². The number of benzene rings is 2. The molecule has 0 amide bonds. The topological polar surface area (TPSA) is 47.3 Å². The second kappa shape index (κ2) is 7.02.